The standard InChI is InChI=1S/C33H25FO2/c1-22-11-13-23(14-12-22)29-21-32-28(26-7-3-4-8-27(26)29)19-20-33(36-32,30-9-5-6-10-31(30)34)24-15-17-25(35-2)18-16-24/h3-21H,1-2H3. The molecule has 2 nitrogen and oxygen atoms in total. The number of benzene rings is 5. The molecule has 0 saturated carbocycles. The van der Waals surface area contributed by atoms with E-state index in [9.17, 15) is 0 Å². The van der Waals surface area contributed by atoms with Crippen LogP contribution in [0.25, 0.3) is 28.0 Å². The average molecular weight is 473 g/mol. The van der Waals surface area contributed by atoms with Crippen LogP contribution in [0.5, 0.6) is 11.5 Å². The summed E-state index contributed by atoms with van der Waals surface area (Å²) in [6.07, 6.45) is 4.03. The molecule has 6 rings (SSSR count). The van der Waals surface area contributed by atoms with Crippen molar-refractivity contribution in [1.82, 2.24) is 0 Å². The molecule has 176 valence electrons. The van der Waals surface area contributed by atoms with Crippen LogP contribution < -0.4 is 9.47 Å². The third kappa shape index (κ3) is 3.56. The lowest BCUT2D eigenvalue weighted by Gasteiger charge is -2.37. The zero-order valence-electron chi connectivity index (χ0n) is 20.2. The van der Waals surface area contributed by atoms with Gasteiger partial charge in [0.2, 0.25) is 0 Å². The van der Waals surface area contributed by atoms with Crippen LogP contribution in [0, 0.1) is 12.7 Å². The zero-order chi connectivity index (χ0) is 24.7. The van der Waals surface area contributed by atoms with Crippen molar-refractivity contribution < 1.29 is 13.9 Å². The van der Waals surface area contributed by atoms with Crippen molar-refractivity contribution in [2.75, 3.05) is 7.11 Å². The molecule has 0 radical (unpaired) electrons. The van der Waals surface area contributed by atoms with Gasteiger partial charge in [0.05, 0.1) is 7.11 Å². The highest BCUT2D eigenvalue weighted by molar-refractivity contribution is 6.03. The molecule has 5 aromatic rings. The van der Waals surface area contributed by atoms with E-state index in [0.29, 0.717) is 11.3 Å². The molecule has 0 amide bonds. The Morgan fingerprint density at radius 1 is 0.778 bits per heavy atom. The van der Waals surface area contributed by atoms with E-state index < -0.39 is 5.60 Å². The summed E-state index contributed by atoms with van der Waals surface area (Å²) in [7, 11) is 1.63. The number of aryl methyl sites for hydroxylation is 1. The number of methoxy groups -OCH3 is 1. The topological polar surface area (TPSA) is 18.5 Å². The van der Waals surface area contributed by atoms with Crippen molar-refractivity contribution in [1.29, 1.82) is 0 Å². The molecule has 1 aliphatic rings. The average Bonchev–Trinajstić information content (AvgIpc) is 2.93. The summed E-state index contributed by atoms with van der Waals surface area (Å²) in [6.45, 7) is 2.08. The van der Waals surface area contributed by atoms with Gasteiger partial charge in [-0.15, -0.1) is 0 Å². The first kappa shape index (κ1) is 22.1. The van der Waals surface area contributed by atoms with Crippen molar-refractivity contribution in [3.8, 4) is 22.6 Å². The van der Waals surface area contributed by atoms with Crippen LogP contribution in [-0.4, -0.2) is 7.11 Å². The molecular formula is C33H25FO2. The third-order valence-electron chi connectivity index (χ3n) is 6.96. The summed E-state index contributed by atoms with van der Waals surface area (Å²) in [6, 6.07) is 33.4. The van der Waals surface area contributed by atoms with Crippen LogP contribution in [0.1, 0.15) is 22.3 Å². The van der Waals surface area contributed by atoms with Crippen LogP contribution >= 0.6 is 0 Å². The van der Waals surface area contributed by atoms with Gasteiger partial charge in [-0.25, -0.2) is 4.39 Å². The minimum atomic E-state index is -1.13. The second-order valence-electron chi connectivity index (χ2n) is 9.13. The van der Waals surface area contributed by atoms with Gasteiger partial charge >= 0.3 is 0 Å². The number of rotatable bonds is 4. The molecule has 0 spiro atoms. The zero-order valence-corrected chi connectivity index (χ0v) is 20.2. The maximum Gasteiger partial charge on any atom is 0.180 e. The highest BCUT2D eigenvalue weighted by Gasteiger charge is 2.39. The fourth-order valence-corrected chi connectivity index (χ4v) is 5.07. The van der Waals surface area contributed by atoms with E-state index in [1.54, 1.807) is 19.2 Å². The van der Waals surface area contributed by atoms with Crippen LogP contribution in [-0.2, 0) is 5.60 Å². The smallest absolute Gasteiger partial charge is 0.180 e. The molecule has 0 N–H and O–H groups in total. The molecule has 0 bridgehead atoms. The van der Waals surface area contributed by atoms with Crippen LogP contribution in [0.3, 0.4) is 0 Å². The van der Waals surface area contributed by atoms with E-state index in [2.05, 4.69) is 61.5 Å². The molecule has 1 aliphatic heterocycles. The normalized spacial score (nSPS) is 16.4. The molecular weight excluding hydrogens is 447 g/mol. The molecule has 0 aliphatic carbocycles. The highest BCUT2D eigenvalue weighted by atomic mass is 19.1. The fourth-order valence-electron chi connectivity index (χ4n) is 5.07. The Morgan fingerprint density at radius 3 is 2.19 bits per heavy atom. The van der Waals surface area contributed by atoms with E-state index in [1.165, 1.54) is 11.6 Å². The minimum absolute atomic E-state index is 0.319. The lowest BCUT2D eigenvalue weighted by atomic mass is 9.82. The van der Waals surface area contributed by atoms with Crippen molar-refractivity contribution in [2.24, 2.45) is 0 Å². The second kappa shape index (κ2) is 8.69. The van der Waals surface area contributed by atoms with Gasteiger partial charge in [0.25, 0.3) is 0 Å². The van der Waals surface area contributed by atoms with Crippen molar-refractivity contribution in [2.45, 2.75) is 12.5 Å². The van der Waals surface area contributed by atoms with Gasteiger partial charge in [0, 0.05) is 16.7 Å². The van der Waals surface area contributed by atoms with Gasteiger partial charge in [-0.3, -0.25) is 0 Å². The maximum absolute atomic E-state index is 15.3. The first-order valence-electron chi connectivity index (χ1n) is 12.0. The van der Waals surface area contributed by atoms with E-state index >= 15 is 4.39 Å². The number of fused-ring (bicyclic) bond motifs is 3. The monoisotopic (exact) mass is 472 g/mol. The molecule has 3 heteroatoms. The van der Waals surface area contributed by atoms with Gasteiger partial charge in [-0.1, -0.05) is 84.4 Å². The summed E-state index contributed by atoms with van der Waals surface area (Å²) >= 11 is 0. The van der Waals surface area contributed by atoms with Gasteiger partial charge < -0.3 is 9.47 Å². The Morgan fingerprint density at radius 2 is 1.47 bits per heavy atom. The largest absolute Gasteiger partial charge is 0.497 e. The SMILES string of the molecule is COc1ccc(C2(c3ccccc3F)C=Cc3c(cc(-c4ccc(C)cc4)c4ccccc34)O2)cc1. The lowest BCUT2D eigenvalue weighted by Crippen LogP contribution is -2.35. The van der Waals surface area contributed by atoms with Crippen LogP contribution in [0.4, 0.5) is 4.39 Å². The summed E-state index contributed by atoms with van der Waals surface area (Å²) in [5.41, 5.74) is 4.54. The second-order valence-corrected chi connectivity index (χ2v) is 9.13. The van der Waals surface area contributed by atoms with Crippen LogP contribution in [0.2, 0.25) is 0 Å². The molecule has 5 aromatic carbocycles. The maximum atomic E-state index is 15.3. The summed E-state index contributed by atoms with van der Waals surface area (Å²) in [5, 5.41) is 2.25. The Balaban J connectivity index is 1.60. The first-order valence-corrected chi connectivity index (χ1v) is 12.0. The van der Waals surface area contributed by atoms with E-state index in [0.717, 1.165) is 38.8 Å². The van der Waals surface area contributed by atoms with Gasteiger partial charge in [-0.2, -0.15) is 0 Å². The van der Waals surface area contributed by atoms with E-state index in [4.69, 9.17) is 9.47 Å². The van der Waals surface area contributed by atoms with Crippen LogP contribution in [0.15, 0.2) is 109 Å². The summed E-state index contributed by atoms with van der Waals surface area (Å²) in [4.78, 5) is 0. The first-order chi connectivity index (χ1) is 17.6. The Hall–Kier alpha value is -4.37. The molecule has 36 heavy (non-hydrogen) atoms. The molecule has 0 aromatic heterocycles. The molecule has 1 atom stereocenters. The molecule has 1 heterocycles. The lowest BCUT2D eigenvalue weighted by molar-refractivity contribution is 0.156. The van der Waals surface area contributed by atoms with Gasteiger partial charge in [0.15, 0.2) is 5.60 Å². The van der Waals surface area contributed by atoms with E-state index in [1.807, 2.05) is 42.5 Å². The Kier molecular flexibility index (Phi) is 5.34. The van der Waals surface area contributed by atoms with Gasteiger partial charge in [-0.05, 0) is 65.2 Å². The number of ether oxygens (including phenoxy) is 2. The molecule has 1 unspecified atom stereocenters. The number of hydrogen-bond donors (Lipinski definition) is 0. The summed E-state index contributed by atoms with van der Waals surface area (Å²) in [5.74, 6) is 1.13. The predicted octanol–water partition coefficient (Wildman–Crippen LogP) is 8.31. The Bertz CT molecular complexity index is 1600. The number of halogens is 1. The predicted molar refractivity (Wildman–Crippen MR) is 144 cm³/mol. The number of hydrogen-bond acceptors (Lipinski definition) is 2. The van der Waals surface area contributed by atoms with Crippen molar-refractivity contribution in [3.63, 3.8) is 0 Å². The Labute approximate surface area is 210 Å². The third-order valence-corrected chi connectivity index (χ3v) is 6.96. The van der Waals surface area contributed by atoms with Crippen molar-refractivity contribution >= 4 is 16.8 Å². The fraction of sp³-hybridized carbons (Fsp3) is 0.0909. The quantitative estimate of drug-likeness (QED) is 0.262. The van der Waals surface area contributed by atoms with Gasteiger partial charge in [0.1, 0.15) is 17.3 Å². The summed E-state index contributed by atoms with van der Waals surface area (Å²) < 4.78 is 27.6. The van der Waals surface area contributed by atoms with Crippen molar-refractivity contribution in [3.05, 3.63) is 137 Å². The minimum Gasteiger partial charge on any atom is -0.497 e. The molecule has 0 saturated heterocycles. The highest BCUT2D eigenvalue weighted by Crippen LogP contribution is 2.47. The molecule has 0 fully saturated rings. The van der Waals surface area contributed by atoms with E-state index in [-0.39, 0.29) is 5.82 Å².